The topological polar surface area (TPSA) is 73.3 Å². The number of amides is 1. The van der Waals surface area contributed by atoms with Gasteiger partial charge in [0, 0.05) is 29.9 Å². The number of fused-ring (bicyclic) bond motifs is 2. The average Bonchev–Trinajstić information content (AvgIpc) is 3.25. The first-order chi connectivity index (χ1) is 14.7. The maximum absolute atomic E-state index is 13.2. The van der Waals surface area contributed by atoms with Crippen LogP contribution in [-0.2, 0) is 6.54 Å². The lowest BCUT2D eigenvalue weighted by atomic mass is 10.0. The number of nitrogens with one attached hydrogen (secondary N) is 1. The van der Waals surface area contributed by atoms with Gasteiger partial charge in [-0.25, -0.2) is 4.98 Å². The maximum atomic E-state index is 13.2. The molecular formula is C24H19N3O3. The molecule has 0 fully saturated rings. The van der Waals surface area contributed by atoms with E-state index in [1.165, 1.54) is 0 Å². The lowest BCUT2D eigenvalue weighted by Gasteiger charge is -2.11. The van der Waals surface area contributed by atoms with Gasteiger partial charge in [-0.05, 0) is 55.0 Å². The second-order valence-corrected chi connectivity index (χ2v) is 7.19. The first-order valence-corrected chi connectivity index (χ1v) is 9.66. The largest absolute Gasteiger partial charge is 0.454 e. The number of rotatable bonds is 4. The number of aromatic nitrogens is 2. The molecule has 6 heteroatoms. The third kappa shape index (κ3) is 3.43. The van der Waals surface area contributed by atoms with Gasteiger partial charge in [-0.2, -0.15) is 0 Å². The summed E-state index contributed by atoms with van der Waals surface area (Å²) in [5.74, 6) is 1.27. The zero-order valence-electron chi connectivity index (χ0n) is 16.4. The third-order valence-corrected chi connectivity index (χ3v) is 5.06. The Morgan fingerprint density at radius 2 is 1.97 bits per heavy atom. The summed E-state index contributed by atoms with van der Waals surface area (Å²) < 4.78 is 10.8. The third-order valence-electron chi connectivity index (χ3n) is 5.06. The smallest absolute Gasteiger partial charge is 0.252 e. The fourth-order valence-corrected chi connectivity index (χ4v) is 3.52. The number of carbonyl (C=O) groups excluding carboxylic acids is 1. The van der Waals surface area contributed by atoms with Gasteiger partial charge in [0.1, 0.15) is 0 Å². The highest BCUT2D eigenvalue weighted by Crippen LogP contribution is 2.32. The number of nitrogens with zero attached hydrogens (tertiary/aromatic N) is 2. The summed E-state index contributed by atoms with van der Waals surface area (Å²) in [6, 6.07) is 17.2. The van der Waals surface area contributed by atoms with Crippen molar-refractivity contribution in [2.24, 2.45) is 0 Å². The van der Waals surface area contributed by atoms with Gasteiger partial charge in [0.15, 0.2) is 11.5 Å². The molecule has 2 aromatic heterocycles. The Morgan fingerprint density at radius 3 is 2.83 bits per heavy atom. The lowest BCUT2D eigenvalue weighted by Crippen LogP contribution is -2.23. The van der Waals surface area contributed by atoms with Crippen molar-refractivity contribution in [3.63, 3.8) is 0 Å². The zero-order chi connectivity index (χ0) is 20.5. The van der Waals surface area contributed by atoms with Crippen LogP contribution in [0.4, 0.5) is 0 Å². The van der Waals surface area contributed by atoms with Crippen molar-refractivity contribution in [1.29, 1.82) is 0 Å². The molecule has 0 saturated heterocycles. The maximum Gasteiger partial charge on any atom is 0.252 e. The van der Waals surface area contributed by atoms with Crippen LogP contribution in [0.3, 0.4) is 0 Å². The Labute approximate surface area is 173 Å². The highest BCUT2D eigenvalue weighted by Gasteiger charge is 2.16. The van der Waals surface area contributed by atoms with Gasteiger partial charge in [-0.3, -0.25) is 9.78 Å². The van der Waals surface area contributed by atoms with Gasteiger partial charge in [-0.1, -0.05) is 17.7 Å². The van der Waals surface area contributed by atoms with Crippen molar-refractivity contribution in [2.75, 3.05) is 6.79 Å². The van der Waals surface area contributed by atoms with Crippen LogP contribution in [0.2, 0.25) is 0 Å². The Balaban J connectivity index is 1.48. The number of ether oxygens (including phenoxy) is 2. The van der Waals surface area contributed by atoms with E-state index >= 15 is 0 Å². The van der Waals surface area contributed by atoms with E-state index in [4.69, 9.17) is 14.5 Å². The minimum Gasteiger partial charge on any atom is -0.454 e. The Bertz CT molecular complexity index is 1260. The summed E-state index contributed by atoms with van der Waals surface area (Å²) >= 11 is 0. The van der Waals surface area contributed by atoms with E-state index < -0.39 is 0 Å². The predicted octanol–water partition coefficient (Wildman–Crippen LogP) is 4.26. The van der Waals surface area contributed by atoms with Crippen molar-refractivity contribution in [2.45, 2.75) is 13.5 Å². The molecule has 2 aromatic carbocycles. The van der Waals surface area contributed by atoms with Crippen LogP contribution < -0.4 is 14.8 Å². The van der Waals surface area contributed by atoms with Gasteiger partial charge in [0.25, 0.3) is 5.91 Å². The Kier molecular flexibility index (Phi) is 4.52. The van der Waals surface area contributed by atoms with Crippen LogP contribution in [0, 0.1) is 6.92 Å². The van der Waals surface area contributed by atoms with E-state index in [1.54, 1.807) is 12.4 Å². The van der Waals surface area contributed by atoms with E-state index in [-0.39, 0.29) is 12.7 Å². The molecule has 6 nitrogen and oxygen atoms in total. The van der Waals surface area contributed by atoms with E-state index in [2.05, 4.69) is 10.3 Å². The minimum absolute atomic E-state index is 0.157. The molecule has 1 aliphatic heterocycles. The first kappa shape index (κ1) is 18.1. The number of aryl methyl sites for hydroxylation is 1. The van der Waals surface area contributed by atoms with Gasteiger partial charge >= 0.3 is 0 Å². The Hall–Kier alpha value is -3.93. The quantitative estimate of drug-likeness (QED) is 0.557. The predicted molar refractivity (Wildman–Crippen MR) is 113 cm³/mol. The zero-order valence-corrected chi connectivity index (χ0v) is 16.4. The van der Waals surface area contributed by atoms with Crippen LogP contribution in [0.5, 0.6) is 11.5 Å². The molecular weight excluding hydrogens is 378 g/mol. The monoisotopic (exact) mass is 397 g/mol. The summed E-state index contributed by atoms with van der Waals surface area (Å²) in [5.41, 5.74) is 4.95. The van der Waals surface area contributed by atoms with Crippen LogP contribution in [0.15, 0.2) is 67.0 Å². The first-order valence-electron chi connectivity index (χ1n) is 9.66. The SMILES string of the molecule is Cc1ccc2nc(-c3cccnc3)cc(C(=O)NCc3ccc4c(c3)OCO4)c2c1. The summed E-state index contributed by atoms with van der Waals surface area (Å²) in [7, 11) is 0. The van der Waals surface area contributed by atoms with E-state index in [0.717, 1.165) is 33.3 Å². The average molecular weight is 397 g/mol. The van der Waals surface area contributed by atoms with Gasteiger partial charge in [0.2, 0.25) is 6.79 Å². The number of hydrogen-bond acceptors (Lipinski definition) is 5. The number of hydrogen-bond donors (Lipinski definition) is 1. The highest BCUT2D eigenvalue weighted by atomic mass is 16.7. The molecule has 1 amide bonds. The molecule has 1 N–H and O–H groups in total. The molecule has 0 spiro atoms. The Morgan fingerprint density at radius 1 is 1.07 bits per heavy atom. The van der Waals surface area contributed by atoms with Crippen molar-refractivity contribution in [3.05, 3.63) is 83.7 Å². The van der Waals surface area contributed by atoms with Crippen LogP contribution in [-0.4, -0.2) is 22.7 Å². The van der Waals surface area contributed by atoms with E-state index in [1.807, 2.05) is 61.5 Å². The summed E-state index contributed by atoms with van der Waals surface area (Å²) in [4.78, 5) is 22.1. The number of benzene rings is 2. The second kappa shape index (κ2) is 7.48. The molecule has 0 saturated carbocycles. The molecule has 1 aliphatic rings. The standard InChI is InChI=1S/C24H19N3O3/c1-15-4-6-20-18(9-15)19(11-21(27-20)17-3-2-8-25-13-17)24(28)26-12-16-5-7-22-23(10-16)30-14-29-22/h2-11,13H,12,14H2,1H3,(H,26,28). The second-order valence-electron chi connectivity index (χ2n) is 7.19. The number of carbonyl (C=O) groups is 1. The van der Waals surface area contributed by atoms with E-state index in [9.17, 15) is 4.79 Å². The summed E-state index contributed by atoms with van der Waals surface area (Å²) in [6.45, 7) is 2.61. The van der Waals surface area contributed by atoms with Gasteiger partial charge in [0.05, 0.1) is 16.8 Å². The summed E-state index contributed by atoms with van der Waals surface area (Å²) in [6.07, 6.45) is 3.46. The fraction of sp³-hybridized carbons (Fsp3) is 0.125. The molecule has 3 heterocycles. The molecule has 0 aliphatic carbocycles. The number of pyridine rings is 2. The van der Waals surface area contributed by atoms with Gasteiger partial charge in [-0.15, -0.1) is 0 Å². The highest BCUT2D eigenvalue weighted by molar-refractivity contribution is 6.07. The molecule has 0 bridgehead atoms. The summed E-state index contributed by atoms with van der Waals surface area (Å²) in [5, 5.41) is 3.84. The molecule has 0 radical (unpaired) electrons. The molecule has 30 heavy (non-hydrogen) atoms. The van der Waals surface area contributed by atoms with Crippen molar-refractivity contribution < 1.29 is 14.3 Å². The van der Waals surface area contributed by atoms with E-state index in [0.29, 0.717) is 23.6 Å². The normalized spacial score (nSPS) is 12.2. The molecule has 148 valence electrons. The van der Waals surface area contributed by atoms with Gasteiger partial charge < -0.3 is 14.8 Å². The van der Waals surface area contributed by atoms with Crippen LogP contribution in [0.1, 0.15) is 21.5 Å². The molecule has 0 unspecified atom stereocenters. The van der Waals surface area contributed by atoms with Crippen molar-refractivity contribution in [1.82, 2.24) is 15.3 Å². The minimum atomic E-state index is -0.157. The molecule has 0 atom stereocenters. The van der Waals surface area contributed by atoms with Crippen LogP contribution in [0.25, 0.3) is 22.2 Å². The lowest BCUT2D eigenvalue weighted by molar-refractivity contribution is 0.0952. The van der Waals surface area contributed by atoms with Crippen molar-refractivity contribution in [3.8, 4) is 22.8 Å². The fourth-order valence-electron chi connectivity index (χ4n) is 3.52. The van der Waals surface area contributed by atoms with Crippen molar-refractivity contribution >= 4 is 16.8 Å². The molecule has 5 rings (SSSR count). The molecule has 4 aromatic rings. The van der Waals surface area contributed by atoms with Crippen LogP contribution >= 0.6 is 0 Å².